The molecule has 0 radical (unpaired) electrons. The fraction of sp³-hybridized carbons (Fsp3) is 0.458. The van der Waals surface area contributed by atoms with Crippen molar-refractivity contribution >= 4 is 5.91 Å². The van der Waals surface area contributed by atoms with Gasteiger partial charge in [-0.3, -0.25) is 4.79 Å². The fourth-order valence-electron chi connectivity index (χ4n) is 3.16. The van der Waals surface area contributed by atoms with Gasteiger partial charge in [-0.1, -0.05) is 51.1 Å². The predicted molar refractivity (Wildman–Crippen MR) is 112 cm³/mol. The molecule has 1 N–H and O–H groups in total. The Morgan fingerprint density at radius 2 is 1.70 bits per heavy atom. The summed E-state index contributed by atoms with van der Waals surface area (Å²) in [6.07, 6.45) is 0.285. The maximum Gasteiger partial charge on any atom is 0.261 e. The molecule has 1 amide bonds. The lowest BCUT2D eigenvalue weighted by Crippen LogP contribution is -2.38. The molecule has 0 bridgehead atoms. The average molecular weight is 368 g/mol. The van der Waals surface area contributed by atoms with Crippen LogP contribution in [0, 0.1) is 20.8 Å². The third-order valence-corrected chi connectivity index (χ3v) is 5.12. The topological polar surface area (TPSA) is 38.3 Å². The minimum absolute atomic E-state index is 0.00933. The standard InChI is InChI=1S/C24H33NO2/c1-8-22(20-11-10-17(5)18(6)14-20)25-24(26)19(7)27-23-13-16(4)9-12-21(23)15(2)3/h9-15,19,22H,8H2,1-7H3,(H,25,26)/t19-,22-/m0/s1. The number of aryl methyl sites for hydroxylation is 3. The molecule has 0 saturated heterocycles. The van der Waals surface area contributed by atoms with E-state index in [0.717, 1.165) is 28.9 Å². The summed E-state index contributed by atoms with van der Waals surface area (Å²) in [6.45, 7) is 14.4. The lowest BCUT2D eigenvalue weighted by molar-refractivity contribution is -0.128. The Hall–Kier alpha value is -2.29. The van der Waals surface area contributed by atoms with E-state index in [9.17, 15) is 4.79 Å². The van der Waals surface area contributed by atoms with Gasteiger partial charge in [0.05, 0.1) is 6.04 Å². The normalized spacial score (nSPS) is 13.3. The number of carbonyl (C=O) groups is 1. The molecule has 0 aromatic heterocycles. The van der Waals surface area contributed by atoms with Gasteiger partial charge in [-0.25, -0.2) is 0 Å². The molecule has 27 heavy (non-hydrogen) atoms. The summed E-state index contributed by atoms with van der Waals surface area (Å²) in [4.78, 5) is 12.8. The van der Waals surface area contributed by atoms with E-state index in [1.165, 1.54) is 11.1 Å². The van der Waals surface area contributed by atoms with E-state index in [-0.39, 0.29) is 11.9 Å². The SMILES string of the molecule is CC[C@H](NC(=O)[C@H](C)Oc1cc(C)ccc1C(C)C)c1ccc(C)c(C)c1. The summed E-state index contributed by atoms with van der Waals surface area (Å²) < 4.78 is 6.06. The van der Waals surface area contributed by atoms with Crippen LogP contribution in [0.15, 0.2) is 36.4 Å². The third kappa shape index (κ3) is 5.35. The molecule has 2 atom stereocenters. The maximum absolute atomic E-state index is 12.8. The van der Waals surface area contributed by atoms with E-state index in [1.54, 1.807) is 0 Å². The lowest BCUT2D eigenvalue weighted by Gasteiger charge is -2.23. The second-order valence-electron chi connectivity index (χ2n) is 7.77. The van der Waals surface area contributed by atoms with E-state index in [4.69, 9.17) is 4.74 Å². The van der Waals surface area contributed by atoms with E-state index >= 15 is 0 Å². The number of rotatable bonds is 7. The lowest BCUT2D eigenvalue weighted by atomic mass is 9.99. The molecule has 2 rings (SSSR count). The van der Waals surface area contributed by atoms with Gasteiger partial charge in [-0.2, -0.15) is 0 Å². The van der Waals surface area contributed by atoms with Crippen LogP contribution in [-0.4, -0.2) is 12.0 Å². The zero-order valence-electron chi connectivity index (χ0n) is 17.7. The zero-order valence-corrected chi connectivity index (χ0v) is 17.7. The minimum atomic E-state index is -0.551. The van der Waals surface area contributed by atoms with Crippen LogP contribution >= 0.6 is 0 Å². The molecular weight excluding hydrogens is 334 g/mol. The summed E-state index contributed by atoms with van der Waals surface area (Å²) in [5, 5.41) is 3.15. The van der Waals surface area contributed by atoms with Crippen molar-refractivity contribution in [2.24, 2.45) is 0 Å². The van der Waals surface area contributed by atoms with Crippen molar-refractivity contribution in [1.29, 1.82) is 0 Å². The highest BCUT2D eigenvalue weighted by molar-refractivity contribution is 5.81. The van der Waals surface area contributed by atoms with Crippen molar-refractivity contribution in [2.75, 3.05) is 0 Å². The summed E-state index contributed by atoms with van der Waals surface area (Å²) >= 11 is 0. The number of nitrogens with one attached hydrogen (secondary N) is 1. The first-order chi connectivity index (χ1) is 12.7. The monoisotopic (exact) mass is 367 g/mol. The van der Waals surface area contributed by atoms with Crippen LogP contribution in [0.1, 0.15) is 73.9 Å². The van der Waals surface area contributed by atoms with E-state index in [2.05, 4.69) is 70.3 Å². The van der Waals surface area contributed by atoms with Gasteiger partial charge in [0, 0.05) is 0 Å². The van der Waals surface area contributed by atoms with Crippen molar-refractivity contribution in [1.82, 2.24) is 5.32 Å². The predicted octanol–water partition coefficient (Wildman–Crippen LogP) is 5.77. The molecule has 3 heteroatoms. The minimum Gasteiger partial charge on any atom is -0.481 e. The van der Waals surface area contributed by atoms with Gasteiger partial charge >= 0.3 is 0 Å². The smallest absolute Gasteiger partial charge is 0.261 e. The third-order valence-electron chi connectivity index (χ3n) is 5.12. The van der Waals surface area contributed by atoms with E-state index in [0.29, 0.717) is 5.92 Å². The highest BCUT2D eigenvalue weighted by Crippen LogP contribution is 2.28. The highest BCUT2D eigenvalue weighted by Gasteiger charge is 2.21. The van der Waals surface area contributed by atoms with Crippen LogP contribution in [0.25, 0.3) is 0 Å². The fourth-order valence-corrected chi connectivity index (χ4v) is 3.16. The molecule has 0 spiro atoms. The molecule has 0 aliphatic heterocycles. The molecule has 2 aromatic rings. The van der Waals surface area contributed by atoms with Gasteiger partial charge < -0.3 is 10.1 Å². The quantitative estimate of drug-likeness (QED) is 0.674. The summed E-state index contributed by atoms with van der Waals surface area (Å²) in [5.74, 6) is 1.05. The summed E-state index contributed by atoms with van der Waals surface area (Å²) in [5.41, 5.74) is 5.90. The first-order valence-electron chi connectivity index (χ1n) is 9.87. The number of carbonyl (C=O) groups excluding carboxylic acids is 1. The molecule has 0 aliphatic rings. The number of hydrogen-bond acceptors (Lipinski definition) is 2. The van der Waals surface area contributed by atoms with Crippen molar-refractivity contribution in [3.8, 4) is 5.75 Å². The Kier molecular flexibility index (Phi) is 7.06. The van der Waals surface area contributed by atoms with E-state index in [1.807, 2.05) is 19.9 Å². The molecule has 0 saturated carbocycles. The molecule has 0 unspecified atom stereocenters. The van der Waals surface area contributed by atoms with Gasteiger partial charge in [0.25, 0.3) is 5.91 Å². The molecular formula is C24H33NO2. The van der Waals surface area contributed by atoms with Gasteiger partial charge in [0.1, 0.15) is 5.75 Å². The largest absolute Gasteiger partial charge is 0.481 e. The van der Waals surface area contributed by atoms with Crippen LogP contribution in [0.4, 0.5) is 0 Å². The van der Waals surface area contributed by atoms with Gasteiger partial charge in [0.15, 0.2) is 6.10 Å². The van der Waals surface area contributed by atoms with Crippen LogP contribution < -0.4 is 10.1 Å². The molecule has 3 nitrogen and oxygen atoms in total. The van der Waals surface area contributed by atoms with Crippen molar-refractivity contribution in [3.63, 3.8) is 0 Å². The number of ether oxygens (including phenoxy) is 1. The Bertz CT molecular complexity index is 795. The summed E-state index contributed by atoms with van der Waals surface area (Å²) in [6, 6.07) is 12.5. The first kappa shape index (κ1) is 21.0. The van der Waals surface area contributed by atoms with Crippen molar-refractivity contribution in [2.45, 2.75) is 73.0 Å². The Balaban J connectivity index is 2.12. The second-order valence-corrected chi connectivity index (χ2v) is 7.77. The molecule has 0 fully saturated rings. The van der Waals surface area contributed by atoms with E-state index < -0.39 is 6.10 Å². The van der Waals surface area contributed by atoms with Crippen LogP contribution in [-0.2, 0) is 4.79 Å². The molecule has 146 valence electrons. The van der Waals surface area contributed by atoms with Crippen LogP contribution in [0.3, 0.4) is 0 Å². The number of amides is 1. The second kappa shape index (κ2) is 9.07. The highest BCUT2D eigenvalue weighted by atomic mass is 16.5. The number of hydrogen-bond donors (Lipinski definition) is 1. The van der Waals surface area contributed by atoms with Gasteiger partial charge in [-0.05, 0) is 73.9 Å². The Morgan fingerprint density at radius 1 is 1.00 bits per heavy atom. The number of benzene rings is 2. The van der Waals surface area contributed by atoms with Crippen LogP contribution in [0.2, 0.25) is 0 Å². The maximum atomic E-state index is 12.8. The molecule has 0 aliphatic carbocycles. The van der Waals surface area contributed by atoms with Crippen molar-refractivity contribution in [3.05, 3.63) is 64.2 Å². The Labute approximate surface area is 164 Å². The zero-order chi connectivity index (χ0) is 20.1. The first-order valence-corrected chi connectivity index (χ1v) is 9.87. The summed E-state index contributed by atoms with van der Waals surface area (Å²) in [7, 11) is 0. The van der Waals surface area contributed by atoms with Gasteiger partial charge in [-0.15, -0.1) is 0 Å². The van der Waals surface area contributed by atoms with Crippen molar-refractivity contribution < 1.29 is 9.53 Å². The molecule has 0 heterocycles. The molecule has 2 aromatic carbocycles. The Morgan fingerprint density at radius 3 is 2.30 bits per heavy atom. The average Bonchev–Trinajstić information content (AvgIpc) is 2.61. The van der Waals surface area contributed by atoms with Crippen LogP contribution in [0.5, 0.6) is 5.75 Å². The van der Waals surface area contributed by atoms with Gasteiger partial charge in [0.2, 0.25) is 0 Å².